The quantitative estimate of drug-likeness (QED) is 0.422. The lowest BCUT2D eigenvalue weighted by molar-refractivity contribution is 0.0697. The van der Waals surface area contributed by atoms with Crippen LogP contribution in [0.4, 0.5) is 0 Å². The van der Waals surface area contributed by atoms with Crippen molar-refractivity contribution in [1.29, 1.82) is 0 Å². The van der Waals surface area contributed by atoms with E-state index in [0.717, 1.165) is 28.0 Å². The largest absolute Gasteiger partial charge is 0.478 e. The fraction of sp³-hybridized carbons (Fsp3) is 0.100. The first-order valence-corrected chi connectivity index (χ1v) is 10.0. The lowest BCUT2D eigenvalue weighted by atomic mass is 9.99. The van der Waals surface area contributed by atoms with Gasteiger partial charge >= 0.3 is 5.97 Å². The molecule has 0 unspecified atom stereocenters. The molecule has 28 heavy (non-hydrogen) atoms. The Balaban J connectivity index is 1.71. The summed E-state index contributed by atoms with van der Waals surface area (Å²) in [6, 6.07) is 14.9. The second-order valence-electron chi connectivity index (χ2n) is 6.27. The predicted molar refractivity (Wildman–Crippen MR) is 113 cm³/mol. The summed E-state index contributed by atoms with van der Waals surface area (Å²) in [6.07, 6.45) is 0. The Hall–Kier alpha value is -2.58. The normalized spacial score (nSPS) is 11.1. The van der Waals surface area contributed by atoms with E-state index in [0.29, 0.717) is 26.9 Å². The van der Waals surface area contributed by atoms with Gasteiger partial charge in [-0.2, -0.15) is 0 Å². The van der Waals surface area contributed by atoms with Crippen LogP contribution in [0.5, 0.6) is 0 Å². The van der Waals surface area contributed by atoms with E-state index in [4.69, 9.17) is 0 Å². The number of hydrogen-bond acceptors (Lipinski definition) is 4. The van der Waals surface area contributed by atoms with Crippen LogP contribution in [0.2, 0.25) is 0 Å². The number of benzene rings is 2. The number of nitrogens with zero attached hydrogens (tertiary/aromatic N) is 4. The van der Waals surface area contributed by atoms with Crippen LogP contribution in [0.1, 0.15) is 21.7 Å². The minimum atomic E-state index is -0.934. The average Bonchev–Trinajstić information content (AvgIpc) is 3.03. The van der Waals surface area contributed by atoms with Crippen LogP contribution in [-0.4, -0.2) is 30.8 Å². The SMILES string of the molecule is Cc1nc2c(Br)nnc(Br)c2n1Cc1ccc(-c2ccccc2C(=O)O)cc1. The Labute approximate surface area is 177 Å². The molecule has 0 saturated heterocycles. The molecule has 0 atom stereocenters. The van der Waals surface area contributed by atoms with Gasteiger partial charge in [-0.1, -0.05) is 42.5 Å². The Morgan fingerprint density at radius 3 is 2.43 bits per heavy atom. The Morgan fingerprint density at radius 1 is 1.04 bits per heavy atom. The topological polar surface area (TPSA) is 80.9 Å². The second-order valence-corrected chi connectivity index (χ2v) is 7.77. The summed E-state index contributed by atoms with van der Waals surface area (Å²) < 4.78 is 3.31. The first-order chi connectivity index (χ1) is 13.5. The standard InChI is InChI=1S/C20H14Br2N4O2/c1-11-23-16-17(19(22)25-24-18(16)21)26(11)10-12-6-8-13(9-7-12)14-4-2-3-5-15(14)20(27)28/h2-9H,10H2,1H3,(H,27,28). The first kappa shape index (κ1) is 18.8. The molecule has 2 aromatic heterocycles. The molecule has 4 aromatic rings. The maximum absolute atomic E-state index is 11.5. The highest BCUT2D eigenvalue weighted by Gasteiger charge is 2.16. The summed E-state index contributed by atoms with van der Waals surface area (Å²) in [7, 11) is 0. The van der Waals surface area contributed by atoms with Crippen molar-refractivity contribution in [3.05, 3.63) is 74.7 Å². The number of aromatic nitrogens is 4. The average molecular weight is 502 g/mol. The molecule has 8 heteroatoms. The van der Waals surface area contributed by atoms with Crippen molar-refractivity contribution >= 4 is 48.9 Å². The van der Waals surface area contributed by atoms with E-state index >= 15 is 0 Å². The van der Waals surface area contributed by atoms with Gasteiger partial charge in [-0.05, 0) is 61.5 Å². The lowest BCUT2D eigenvalue weighted by Gasteiger charge is -2.10. The van der Waals surface area contributed by atoms with E-state index in [1.54, 1.807) is 12.1 Å². The van der Waals surface area contributed by atoms with E-state index < -0.39 is 5.97 Å². The summed E-state index contributed by atoms with van der Waals surface area (Å²) >= 11 is 6.86. The summed E-state index contributed by atoms with van der Waals surface area (Å²) in [5, 5.41) is 17.5. The number of carbonyl (C=O) groups is 1. The Morgan fingerprint density at radius 2 is 1.71 bits per heavy atom. The van der Waals surface area contributed by atoms with Gasteiger partial charge in [0.2, 0.25) is 0 Å². The maximum atomic E-state index is 11.5. The van der Waals surface area contributed by atoms with Gasteiger partial charge in [-0.25, -0.2) is 9.78 Å². The molecule has 0 amide bonds. The van der Waals surface area contributed by atoms with Crippen molar-refractivity contribution in [2.24, 2.45) is 0 Å². The number of aryl methyl sites for hydroxylation is 1. The molecular formula is C20H14Br2N4O2. The number of hydrogen-bond donors (Lipinski definition) is 1. The number of aromatic carboxylic acids is 1. The minimum absolute atomic E-state index is 0.291. The van der Waals surface area contributed by atoms with Crippen molar-refractivity contribution in [1.82, 2.24) is 19.7 Å². The molecule has 0 fully saturated rings. The monoisotopic (exact) mass is 500 g/mol. The minimum Gasteiger partial charge on any atom is -0.478 e. The van der Waals surface area contributed by atoms with Crippen molar-refractivity contribution in [2.45, 2.75) is 13.5 Å². The highest BCUT2D eigenvalue weighted by atomic mass is 79.9. The molecular weight excluding hydrogens is 488 g/mol. The molecule has 0 aliphatic carbocycles. The Kier molecular flexibility index (Phi) is 4.99. The predicted octanol–water partition coefficient (Wildman–Crippen LogP) is 5.07. The van der Waals surface area contributed by atoms with Gasteiger partial charge < -0.3 is 9.67 Å². The summed E-state index contributed by atoms with van der Waals surface area (Å²) in [4.78, 5) is 16.0. The van der Waals surface area contributed by atoms with Crippen LogP contribution in [0, 0.1) is 6.92 Å². The first-order valence-electron chi connectivity index (χ1n) is 8.42. The van der Waals surface area contributed by atoms with E-state index in [1.807, 2.05) is 43.3 Å². The van der Waals surface area contributed by atoms with Crippen LogP contribution in [-0.2, 0) is 6.54 Å². The van der Waals surface area contributed by atoms with Crippen molar-refractivity contribution in [3.8, 4) is 11.1 Å². The molecule has 6 nitrogen and oxygen atoms in total. The molecule has 4 rings (SSSR count). The molecule has 0 radical (unpaired) electrons. The van der Waals surface area contributed by atoms with Crippen molar-refractivity contribution in [2.75, 3.05) is 0 Å². The zero-order valence-electron chi connectivity index (χ0n) is 14.7. The van der Waals surface area contributed by atoms with Gasteiger partial charge in [-0.3, -0.25) is 0 Å². The third-order valence-electron chi connectivity index (χ3n) is 4.54. The maximum Gasteiger partial charge on any atom is 0.336 e. The molecule has 0 aliphatic rings. The van der Waals surface area contributed by atoms with Crippen molar-refractivity contribution < 1.29 is 9.90 Å². The summed E-state index contributed by atoms with van der Waals surface area (Å²) in [5.41, 5.74) is 4.56. The van der Waals surface area contributed by atoms with E-state index in [1.165, 1.54) is 0 Å². The molecule has 0 saturated carbocycles. The van der Waals surface area contributed by atoms with Gasteiger partial charge in [-0.15, -0.1) is 10.2 Å². The van der Waals surface area contributed by atoms with Gasteiger partial charge in [0, 0.05) is 6.54 Å². The molecule has 140 valence electrons. The molecule has 2 aromatic carbocycles. The summed E-state index contributed by atoms with van der Waals surface area (Å²) in [5.74, 6) is -0.0803. The fourth-order valence-corrected chi connectivity index (χ4v) is 4.02. The highest BCUT2D eigenvalue weighted by molar-refractivity contribution is 9.11. The van der Waals surface area contributed by atoms with E-state index in [9.17, 15) is 9.90 Å². The van der Waals surface area contributed by atoms with Crippen LogP contribution < -0.4 is 0 Å². The van der Waals surface area contributed by atoms with Crippen molar-refractivity contribution in [3.63, 3.8) is 0 Å². The van der Waals surface area contributed by atoms with E-state index in [2.05, 4.69) is 51.6 Å². The fourth-order valence-electron chi connectivity index (χ4n) is 3.19. The number of carboxylic acid groups (broad SMARTS) is 1. The number of fused-ring (bicyclic) bond motifs is 1. The van der Waals surface area contributed by atoms with E-state index in [-0.39, 0.29) is 0 Å². The number of halogens is 2. The molecule has 1 N–H and O–H groups in total. The Bertz CT molecular complexity index is 1200. The smallest absolute Gasteiger partial charge is 0.336 e. The third kappa shape index (κ3) is 3.33. The number of carboxylic acids is 1. The van der Waals surface area contributed by atoms with Crippen LogP contribution in [0.25, 0.3) is 22.2 Å². The zero-order valence-corrected chi connectivity index (χ0v) is 17.9. The number of imidazole rings is 1. The molecule has 0 bridgehead atoms. The lowest BCUT2D eigenvalue weighted by Crippen LogP contribution is -2.03. The molecule has 2 heterocycles. The molecule has 0 aliphatic heterocycles. The second kappa shape index (κ2) is 7.44. The van der Waals surface area contributed by atoms with Crippen LogP contribution >= 0.6 is 31.9 Å². The van der Waals surface area contributed by atoms with Crippen LogP contribution in [0.3, 0.4) is 0 Å². The molecule has 0 spiro atoms. The van der Waals surface area contributed by atoms with Gasteiger partial charge in [0.1, 0.15) is 16.9 Å². The van der Waals surface area contributed by atoms with Gasteiger partial charge in [0.25, 0.3) is 0 Å². The zero-order chi connectivity index (χ0) is 19.8. The van der Waals surface area contributed by atoms with Crippen LogP contribution in [0.15, 0.2) is 57.7 Å². The van der Waals surface area contributed by atoms with Gasteiger partial charge in [0.15, 0.2) is 9.21 Å². The highest BCUT2D eigenvalue weighted by Crippen LogP contribution is 2.29. The third-order valence-corrected chi connectivity index (χ3v) is 5.61. The summed E-state index contributed by atoms with van der Waals surface area (Å²) in [6.45, 7) is 2.55. The number of rotatable bonds is 4. The van der Waals surface area contributed by atoms with Gasteiger partial charge in [0.05, 0.1) is 5.56 Å².